The number of hydrogen-bond acceptors (Lipinski definition) is 7. The van der Waals surface area contributed by atoms with Gasteiger partial charge in [0, 0.05) is 12.1 Å². The van der Waals surface area contributed by atoms with Crippen molar-refractivity contribution < 1.29 is 28.7 Å². The van der Waals surface area contributed by atoms with Gasteiger partial charge in [0.05, 0.1) is 6.54 Å². The van der Waals surface area contributed by atoms with Crippen molar-refractivity contribution in [1.82, 2.24) is 15.1 Å². The SMILES string of the molecule is C#CCN1CC/C(=C\C2=CS[C@@H]3[C@H](NC(=O)OC(C)(C)C)C(=O)N3[C@H]2C(=O)OC(c2ccccc2)c2ccccc2)C1=O. The lowest BCUT2D eigenvalue weighted by molar-refractivity contribution is -0.164. The summed E-state index contributed by atoms with van der Waals surface area (Å²) in [5.74, 6) is 1.19. The molecule has 0 saturated carbocycles. The monoisotopic (exact) mass is 599 g/mol. The normalized spacial score (nSPS) is 22.4. The summed E-state index contributed by atoms with van der Waals surface area (Å²) in [6, 6.07) is 16.7. The molecular formula is C33H33N3O6S. The van der Waals surface area contributed by atoms with Gasteiger partial charge in [-0.05, 0) is 55.4 Å². The number of ether oxygens (including phenoxy) is 2. The van der Waals surface area contributed by atoms with Gasteiger partial charge in [0.15, 0.2) is 12.1 Å². The maximum Gasteiger partial charge on any atom is 0.408 e. The number of esters is 1. The van der Waals surface area contributed by atoms with Gasteiger partial charge >= 0.3 is 12.1 Å². The average molecular weight is 600 g/mol. The number of β-lactam (4-membered cyclic amide) rings is 1. The minimum Gasteiger partial charge on any atom is -0.451 e. The second-order valence-corrected chi connectivity index (χ2v) is 12.4. The van der Waals surface area contributed by atoms with E-state index in [9.17, 15) is 19.2 Å². The van der Waals surface area contributed by atoms with E-state index < -0.39 is 47.1 Å². The van der Waals surface area contributed by atoms with Crippen molar-refractivity contribution in [2.24, 2.45) is 0 Å². The van der Waals surface area contributed by atoms with E-state index in [1.807, 2.05) is 60.7 Å². The maximum atomic E-state index is 14.1. The molecule has 222 valence electrons. The molecule has 2 aromatic carbocycles. The number of fused-ring (bicyclic) bond motifs is 1. The number of alkyl carbamates (subject to hydrolysis) is 1. The Morgan fingerprint density at radius 1 is 1.09 bits per heavy atom. The molecule has 1 N–H and O–H groups in total. The molecule has 2 fully saturated rings. The number of benzene rings is 2. The fourth-order valence-electron chi connectivity index (χ4n) is 5.24. The van der Waals surface area contributed by atoms with Gasteiger partial charge in [-0.3, -0.25) is 9.59 Å². The number of carbonyl (C=O) groups excluding carboxylic acids is 4. The molecule has 3 heterocycles. The van der Waals surface area contributed by atoms with Gasteiger partial charge in [-0.15, -0.1) is 18.2 Å². The molecule has 10 heteroatoms. The minimum atomic E-state index is -1.13. The van der Waals surface area contributed by atoms with Crippen molar-refractivity contribution in [2.45, 2.75) is 56.4 Å². The van der Waals surface area contributed by atoms with Crippen LogP contribution in [-0.2, 0) is 23.9 Å². The van der Waals surface area contributed by atoms with Crippen molar-refractivity contribution in [1.29, 1.82) is 0 Å². The zero-order chi connectivity index (χ0) is 30.7. The smallest absolute Gasteiger partial charge is 0.408 e. The number of likely N-dealkylation sites (tertiary alicyclic amines) is 1. The Bertz CT molecular complexity index is 1470. The largest absolute Gasteiger partial charge is 0.451 e. The number of thioether (sulfide) groups is 1. The lowest BCUT2D eigenvalue weighted by Crippen LogP contribution is -2.74. The fourth-order valence-corrected chi connectivity index (χ4v) is 6.43. The minimum absolute atomic E-state index is 0.190. The summed E-state index contributed by atoms with van der Waals surface area (Å²) in [5, 5.41) is 3.83. The lowest BCUT2D eigenvalue weighted by atomic mass is 9.95. The van der Waals surface area contributed by atoms with Gasteiger partial charge in [-0.1, -0.05) is 66.6 Å². The third-order valence-electron chi connectivity index (χ3n) is 7.19. The Labute approximate surface area is 255 Å². The van der Waals surface area contributed by atoms with Crippen LogP contribution in [0, 0.1) is 12.3 Å². The number of amides is 3. The predicted octanol–water partition coefficient (Wildman–Crippen LogP) is 4.17. The number of rotatable bonds is 7. The van der Waals surface area contributed by atoms with Gasteiger partial charge < -0.3 is 24.6 Å². The van der Waals surface area contributed by atoms with Crippen LogP contribution in [0.1, 0.15) is 44.4 Å². The summed E-state index contributed by atoms with van der Waals surface area (Å²) >= 11 is 1.28. The molecule has 0 spiro atoms. The molecule has 2 aromatic rings. The summed E-state index contributed by atoms with van der Waals surface area (Å²) in [5.41, 5.74) is 1.75. The highest BCUT2D eigenvalue weighted by Gasteiger charge is 2.56. The van der Waals surface area contributed by atoms with E-state index in [0.29, 0.717) is 24.1 Å². The summed E-state index contributed by atoms with van der Waals surface area (Å²) < 4.78 is 11.5. The summed E-state index contributed by atoms with van der Waals surface area (Å²) in [6.07, 6.45) is 6.09. The van der Waals surface area contributed by atoms with Crippen molar-refractivity contribution in [3.8, 4) is 12.3 Å². The van der Waals surface area contributed by atoms with Crippen molar-refractivity contribution in [3.05, 3.63) is 94.4 Å². The van der Waals surface area contributed by atoms with Crippen molar-refractivity contribution in [3.63, 3.8) is 0 Å². The number of nitrogens with zero attached hydrogens (tertiary/aromatic N) is 2. The zero-order valence-corrected chi connectivity index (χ0v) is 25.0. The first-order valence-electron chi connectivity index (χ1n) is 14.0. The lowest BCUT2D eigenvalue weighted by Gasteiger charge is -2.51. The Morgan fingerprint density at radius 2 is 1.72 bits per heavy atom. The quantitative estimate of drug-likeness (QED) is 0.220. The second-order valence-electron chi connectivity index (χ2n) is 11.4. The third-order valence-corrected chi connectivity index (χ3v) is 8.37. The summed E-state index contributed by atoms with van der Waals surface area (Å²) in [4.78, 5) is 56.1. The maximum absolute atomic E-state index is 14.1. The standard InChI is InChI=1S/C33H33N3O6S/c1-5-17-35-18-16-23(28(35)37)19-24-20-43-30-25(34-32(40)42-33(2,3)4)29(38)36(30)26(24)31(39)41-27(21-12-8-6-9-13-21)22-14-10-7-11-15-22/h1,6-15,19-20,25-27,30H,16-18H2,2-4H3,(H,34,40)/b23-19+/t25-,26-,30-/m1/s1. The molecule has 0 aliphatic carbocycles. The van der Waals surface area contributed by atoms with Crippen LogP contribution in [0.4, 0.5) is 4.79 Å². The first-order valence-corrected chi connectivity index (χ1v) is 14.9. The van der Waals surface area contributed by atoms with E-state index in [2.05, 4.69) is 11.2 Å². The van der Waals surface area contributed by atoms with Gasteiger partial charge in [-0.2, -0.15) is 0 Å². The first kappa shape index (κ1) is 30.0. The topological polar surface area (TPSA) is 105 Å². The van der Waals surface area contributed by atoms with Crippen LogP contribution in [0.5, 0.6) is 0 Å². The molecule has 3 aliphatic heterocycles. The van der Waals surface area contributed by atoms with Crippen LogP contribution in [-0.4, -0.2) is 69.8 Å². The second kappa shape index (κ2) is 12.4. The van der Waals surface area contributed by atoms with Gasteiger partial charge in [0.25, 0.3) is 5.91 Å². The zero-order valence-electron chi connectivity index (χ0n) is 24.2. The van der Waals surface area contributed by atoms with Gasteiger partial charge in [0.1, 0.15) is 17.0 Å². The Kier molecular flexibility index (Phi) is 8.64. The molecule has 2 saturated heterocycles. The Hall–Kier alpha value is -4.49. The van der Waals surface area contributed by atoms with E-state index >= 15 is 0 Å². The highest BCUT2D eigenvalue weighted by molar-refractivity contribution is 8.03. The average Bonchev–Trinajstić information content (AvgIpc) is 3.32. The summed E-state index contributed by atoms with van der Waals surface area (Å²) in [7, 11) is 0. The Balaban J connectivity index is 1.46. The van der Waals surface area contributed by atoms with Crippen LogP contribution in [0.2, 0.25) is 0 Å². The molecule has 0 unspecified atom stereocenters. The van der Waals surface area contributed by atoms with E-state index in [-0.39, 0.29) is 12.5 Å². The molecule has 9 nitrogen and oxygen atoms in total. The van der Waals surface area contributed by atoms with E-state index in [1.54, 1.807) is 37.2 Å². The van der Waals surface area contributed by atoms with E-state index in [4.69, 9.17) is 15.9 Å². The van der Waals surface area contributed by atoms with Crippen LogP contribution in [0.3, 0.4) is 0 Å². The number of carbonyl (C=O) groups is 4. The molecule has 43 heavy (non-hydrogen) atoms. The Morgan fingerprint density at radius 3 is 2.30 bits per heavy atom. The third kappa shape index (κ3) is 6.47. The number of terminal acetylenes is 1. The molecule has 3 atom stereocenters. The van der Waals surface area contributed by atoms with Gasteiger partial charge in [0.2, 0.25) is 5.91 Å². The molecule has 3 amide bonds. The van der Waals surface area contributed by atoms with Crippen molar-refractivity contribution >= 4 is 35.6 Å². The summed E-state index contributed by atoms with van der Waals surface area (Å²) in [6.45, 7) is 5.86. The van der Waals surface area contributed by atoms with Gasteiger partial charge in [-0.25, -0.2) is 9.59 Å². The van der Waals surface area contributed by atoms with Crippen LogP contribution < -0.4 is 5.32 Å². The van der Waals surface area contributed by atoms with Crippen molar-refractivity contribution in [2.75, 3.05) is 13.1 Å². The molecule has 0 radical (unpaired) electrons. The van der Waals surface area contributed by atoms with Crippen LogP contribution >= 0.6 is 11.8 Å². The van der Waals surface area contributed by atoms with E-state index in [0.717, 1.165) is 11.1 Å². The number of nitrogens with one attached hydrogen (secondary N) is 1. The predicted molar refractivity (Wildman–Crippen MR) is 162 cm³/mol. The van der Waals surface area contributed by atoms with Crippen LogP contribution in [0.15, 0.2) is 83.3 Å². The van der Waals surface area contributed by atoms with E-state index in [1.165, 1.54) is 16.7 Å². The van der Waals surface area contributed by atoms with Crippen LogP contribution in [0.25, 0.3) is 0 Å². The molecule has 0 aromatic heterocycles. The molecule has 3 aliphatic rings. The molecule has 5 rings (SSSR count). The highest BCUT2D eigenvalue weighted by Crippen LogP contribution is 2.42. The number of hydrogen-bond donors (Lipinski definition) is 1. The molecular weight excluding hydrogens is 566 g/mol. The first-order chi connectivity index (χ1) is 20.6. The fraction of sp³-hybridized carbons (Fsp3) is 0.333. The molecule has 0 bridgehead atoms. The highest BCUT2D eigenvalue weighted by atomic mass is 32.2.